The number of amides is 2. The fraction of sp³-hybridized carbons (Fsp3) is 0.0588. The normalized spacial score (nSPS) is 10.4. The number of anilines is 2. The number of pyridine rings is 1. The Hall–Kier alpha value is -3.68. The zero-order chi connectivity index (χ0) is 18.0. The van der Waals surface area contributed by atoms with Crippen LogP contribution in [-0.4, -0.2) is 26.6 Å². The second-order valence-electron chi connectivity index (χ2n) is 5.46. The first-order chi connectivity index (χ1) is 11.9. The molecule has 2 heterocycles. The number of aromatic nitrogens is 3. The van der Waals surface area contributed by atoms with Gasteiger partial charge in [0, 0.05) is 36.1 Å². The van der Waals surface area contributed by atoms with Gasteiger partial charge < -0.3 is 16.8 Å². The highest BCUT2D eigenvalue weighted by molar-refractivity contribution is 6.05. The molecule has 0 radical (unpaired) electrons. The summed E-state index contributed by atoms with van der Waals surface area (Å²) in [5.41, 5.74) is 13.9. The predicted molar refractivity (Wildman–Crippen MR) is 93.8 cm³/mol. The van der Waals surface area contributed by atoms with Gasteiger partial charge in [-0.3, -0.25) is 19.3 Å². The van der Waals surface area contributed by atoms with Crippen LogP contribution in [0.15, 0.2) is 48.9 Å². The lowest BCUT2D eigenvalue weighted by Gasteiger charge is -2.09. The van der Waals surface area contributed by atoms with Crippen LogP contribution in [-0.2, 0) is 7.05 Å². The lowest BCUT2D eigenvalue weighted by molar-refractivity contribution is 0.0995. The molecule has 8 heteroatoms. The summed E-state index contributed by atoms with van der Waals surface area (Å²) >= 11 is 0. The highest BCUT2D eigenvalue weighted by Gasteiger charge is 2.12. The number of carbonyl (C=O) groups excluding carboxylic acids is 2. The number of aryl methyl sites for hydroxylation is 1. The van der Waals surface area contributed by atoms with Crippen LogP contribution < -0.4 is 16.8 Å². The average Bonchev–Trinajstić information content (AvgIpc) is 3.03. The van der Waals surface area contributed by atoms with E-state index in [-0.39, 0.29) is 11.3 Å². The van der Waals surface area contributed by atoms with Crippen LogP contribution in [0.3, 0.4) is 0 Å². The number of nitrogens with zero attached hydrogens (tertiary/aromatic N) is 3. The predicted octanol–water partition coefficient (Wildman–Crippen LogP) is 1.42. The van der Waals surface area contributed by atoms with Crippen molar-refractivity contribution in [3.63, 3.8) is 0 Å². The Morgan fingerprint density at radius 1 is 1.12 bits per heavy atom. The Bertz CT molecular complexity index is 946. The van der Waals surface area contributed by atoms with Crippen LogP contribution in [0, 0.1) is 0 Å². The summed E-state index contributed by atoms with van der Waals surface area (Å²) in [7, 11) is 1.82. The number of hydrogen-bond acceptors (Lipinski definition) is 5. The Labute approximate surface area is 143 Å². The average molecular weight is 336 g/mol. The molecule has 126 valence electrons. The van der Waals surface area contributed by atoms with Gasteiger partial charge in [-0.15, -0.1) is 0 Å². The van der Waals surface area contributed by atoms with Crippen molar-refractivity contribution in [2.45, 2.75) is 0 Å². The molecule has 0 atom stereocenters. The molecular weight excluding hydrogens is 320 g/mol. The summed E-state index contributed by atoms with van der Waals surface area (Å²) in [6.45, 7) is 0. The molecule has 0 aliphatic carbocycles. The van der Waals surface area contributed by atoms with Gasteiger partial charge in [-0.05, 0) is 24.3 Å². The fourth-order valence-corrected chi connectivity index (χ4v) is 2.27. The molecule has 0 unspecified atom stereocenters. The van der Waals surface area contributed by atoms with Gasteiger partial charge in [0.05, 0.1) is 17.6 Å². The number of primary amides is 1. The van der Waals surface area contributed by atoms with Crippen LogP contribution in [0.25, 0.3) is 11.1 Å². The Morgan fingerprint density at radius 2 is 1.92 bits per heavy atom. The van der Waals surface area contributed by atoms with E-state index in [2.05, 4.69) is 15.4 Å². The van der Waals surface area contributed by atoms with Gasteiger partial charge in [0.1, 0.15) is 5.69 Å². The minimum absolute atomic E-state index is 0.219. The largest absolute Gasteiger partial charge is 0.397 e. The van der Waals surface area contributed by atoms with Crippen molar-refractivity contribution in [3.05, 3.63) is 60.2 Å². The summed E-state index contributed by atoms with van der Waals surface area (Å²) in [5.74, 6) is -1.04. The van der Waals surface area contributed by atoms with Crippen molar-refractivity contribution in [1.29, 1.82) is 0 Å². The molecule has 0 aliphatic heterocycles. The molecule has 3 aromatic rings. The molecule has 0 fully saturated rings. The van der Waals surface area contributed by atoms with Gasteiger partial charge in [-0.2, -0.15) is 5.10 Å². The van der Waals surface area contributed by atoms with Crippen LogP contribution in [0.2, 0.25) is 0 Å². The summed E-state index contributed by atoms with van der Waals surface area (Å²) in [6, 6.07) is 7.82. The number of nitrogens with two attached hydrogens (primary N) is 2. The minimum Gasteiger partial charge on any atom is -0.397 e. The number of carbonyl (C=O) groups is 2. The van der Waals surface area contributed by atoms with Crippen molar-refractivity contribution >= 4 is 23.2 Å². The van der Waals surface area contributed by atoms with Crippen molar-refractivity contribution in [2.24, 2.45) is 12.8 Å². The molecule has 8 nitrogen and oxygen atoms in total. The maximum atomic E-state index is 12.3. The Balaban J connectivity index is 1.80. The van der Waals surface area contributed by atoms with E-state index in [1.54, 1.807) is 29.2 Å². The topological polar surface area (TPSA) is 129 Å². The molecule has 0 spiro atoms. The summed E-state index contributed by atoms with van der Waals surface area (Å²) < 4.78 is 1.68. The third kappa shape index (κ3) is 3.47. The van der Waals surface area contributed by atoms with E-state index < -0.39 is 11.8 Å². The van der Waals surface area contributed by atoms with Crippen molar-refractivity contribution in [1.82, 2.24) is 14.8 Å². The van der Waals surface area contributed by atoms with Crippen LogP contribution >= 0.6 is 0 Å². The maximum absolute atomic E-state index is 12.3. The second-order valence-corrected chi connectivity index (χ2v) is 5.46. The third-order valence-corrected chi connectivity index (χ3v) is 3.62. The molecular formula is C17H16N6O2. The number of rotatable bonds is 4. The monoisotopic (exact) mass is 336 g/mol. The van der Waals surface area contributed by atoms with E-state index in [4.69, 9.17) is 11.5 Å². The van der Waals surface area contributed by atoms with E-state index >= 15 is 0 Å². The molecule has 0 saturated heterocycles. The van der Waals surface area contributed by atoms with Gasteiger partial charge in [0.25, 0.3) is 5.91 Å². The highest BCUT2D eigenvalue weighted by Crippen LogP contribution is 2.21. The first-order valence-electron chi connectivity index (χ1n) is 7.40. The quantitative estimate of drug-likeness (QED) is 0.620. The number of nitrogen functional groups attached to an aromatic ring is 1. The zero-order valence-electron chi connectivity index (χ0n) is 13.4. The Kier molecular flexibility index (Phi) is 4.17. The van der Waals surface area contributed by atoms with E-state index in [0.29, 0.717) is 11.4 Å². The number of benzene rings is 1. The fourth-order valence-electron chi connectivity index (χ4n) is 2.27. The molecule has 2 amide bonds. The summed E-state index contributed by atoms with van der Waals surface area (Å²) in [4.78, 5) is 27.7. The second kappa shape index (κ2) is 6.44. The Morgan fingerprint density at radius 3 is 2.52 bits per heavy atom. The summed E-state index contributed by atoms with van der Waals surface area (Å²) in [5, 5.41) is 6.73. The highest BCUT2D eigenvalue weighted by atomic mass is 16.2. The third-order valence-electron chi connectivity index (χ3n) is 3.62. The van der Waals surface area contributed by atoms with E-state index in [9.17, 15) is 9.59 Å². The molecule has 0 bridgehead atoms. The molecule has 1 aromatic carbocycles. The van der Waals surface area contributed by atoms with Gasteiger partial charge in [-0.1, -0.05) is 6.07 Å². The maximum Gasteiger partial charge on any atom is 0.274 e. The molecule has 2 aromatic heterocycles. The van der Waals surface area contributed by atoms with Gasteiger partial charge in [-0.25, -0.2) is 0 Å². The smallest absolute Gasteiger partial charge is 0.274 e. The van der Waals surface area contributed by atoms with Crippen molar-refractivity contribution in [2.75, 3.05) is 11.1 Å². The van der Waals surface area contributed by atoms with E-state index in [1.165, 1.54) is 18.2 Å². The molecule has 3 rings (SSSR count). The molecule has 25 heavy (non-hydrogen) atoms. The lowest BCUT2D eigenvalue weighted by Crippen LogP contribution is -2.16. The molecule has 5 N–H and O–H groups in total. The van der Waals surface area contributed by atoms with Gasteiger partial charge in [0.15, 0.2) is 0 Å². The lowest BCUT2D eigenvalue weighted by atomic mass is 10.1. The van der Waals surface area contributed by atoms with E-state index in [1.807, 2.05) is 13.2 Å². The molecule has 0 aliphatic rings. The van der Waals surface area contributed by atoms with Gasteiger partial charge >= 0.3 is 0 Å². The van der Waals surface area contributed by atoms with Crippen LogP contribution in [0.4, 0.5) is 11.4 Å². The first-order valence-corrected chi connectivity index (χ1v) is 7.40. The standard InChI is InChI=1S/C17H16N6O2/c1-23-9-12(8-21-23)11-3-5-14(20-7-11)17(25)22-15-6-10(16(19)24)2-4-13(15)18/h2-9H,18H2,1H3,(H2,19,24)(H,22,25). The van der Waals surface area contributed by atoms with Crippen molar-refractivity contribution < 1.29 is 9.59 Å². The molecule has 0 saturated carbocycles. The van der Waals surface area contributed by atoms with E-state index in [0.717, 1.165) is 11.1 Å². The van der Waals surface area contributed by atoms with Crippen molar-refractivity contribution in [3.8, 4) is 11.1 Å². The van der Waals surface area contributed by atoms with Gasteiger partial charge in [0.2, 0.25) is 5.91 Å². The summed E-state index contributed by atoms with van der Waals surface area (Å²) in [6.07, 6.45) is 5.16. The number of nitrogens with one attached hydrogen (secondary N) is 1. The minimum atomic E-state index is -0.602. The zero-order valence-corrected chi connectivity index (χ0v) is 13.4. The van der Waals surface area contributed by atoms with Crippen LogP contribution in [0.5, 0.6) is 0 Å². The number of hydrogen-bond donors (Lipinski definition) is 3. The van der Waals surface area contributed by atoms with Crippen LogP contribution in [0.1, 0.15) is 20.8 Å². The first kappa shape index (κ1) is 16.2. The SMILES string of the molecule is Cn1cc(-c2ccc(C(=O)Nc3cc(C(N)=O)ccc3N)nc2)cn1.